The number of aryl methyl sites for hydroxylation is 1. The van der Waals surface area contributed by atoms with Crippen molar-refractivity contribution in [1.82, 2.24) is 9.55 Å². The minimum absolute atomic E-state index is 0.0563. The van der Waals surface area contributed by atoms with Crippen LogP contribution in [0.15, 0.2) is 24.5 Å². The van der Waals surface area contributed by atoms with Crippen molar-refractivity contribution in [3.8, 4) is 0 Å². The maximum absolute atomic E-state index is 13.4. The monoisotopic (exact) mass is 469 g/mol. The molecule has 168 valence electrons. The van der Waals surface area contributed by atoms with Gasteiger partial charge in [0, 0.05) is 31.9 Å². The molecular formula is C21H26ClFN3O4P. The Hall–Kier alpha value is -1.57. The zero-order valence-electron chi connectivity index (χ0n) is 17.4. The van der Waals surface area contributed by atoms with Crippen LogP contribution in [0, 0.1) is 17.7 Å². The van der Waals surface area contributed by atoms with Gasteiger partial charge in [-0.1, -0.05) is 11.6 Å². The molecule has 2 fully saturated rings. The Labute approximate surface area is 186 Å². The number of amides is 1. The second-order valence-electron chi connectivity index (χ2n) is 8.69. The summed E-state index contributed by atoms with van der Waals surface area (Å²) in [6.07, 6.45) is 4.82. The van der Waals surface area contributed by atoms with E-state index in [1.165, 1.54) is 25.3 Å². The van der Waals surface area contributed by atoms with Crippen molar-refractivity contribution >= 4 is 31.6 Å². The van der Waals surface area contributed by atoms with Gasteiger partial charge < -0.3 is 24.4 Å². The fraction of sp³-hybridized carbons (Fsp3) is 0.524. The molecule has 7 nitrogen and oxygen atoms in total. The van der Waals surface area contributed by atoms with Crippen LogP contribution in [0.5, 0.6) is 0 Å². The highest BCUT2D eigenvalue weighted by Gasteiger charge is 2.50. The van der Waals surface area contributed by atoms with Gasteiger partial charge in [0.2, 0.25) is 0 Å². The fourth-order valence-corrected chi connectivity index (χ4v) is 6.30. The molecule has 31 heavy (non-hydrogen) atoms. The Balaban J connectivity index is 1.47. The second kappa shape index (κ2) is 8.75. The largest absolute Gasteiger partial charge is 0.389 e. The van der Waals surface area contributed by atoms with Gasteiger partial charge in [0.1, 0.15) is 11.5 Å². The molecule has 2 aromatic rings. The van der Waals surface area contributed by atoms with Gasteiger partial charge in [0.25, 0.3) is 5.91 Å². The number of hydrogen-bond acceptors (Lipinski definition) is 5. The van der Waals surface area contributed by atoms with Gasteiger partial charge in [-0.2, -0.15) is 0 Å². The van der Waals surface area contributed by atoms with E-state index in [4.69, 9.17) is 16.1 Å². The van der Waals surface area contributed by atoms with E-state index in [9.17, 15) is 19.2 Å². The Morgan fingerprint density at radius 1 is 1.42 bits per heavy atom. The standard InChI is InChI=1S/C21H26ClFN3O4P/c1-26-11-24-18(19(26)20(27)25-15-3-4-17(23)16(22)7-15)12-5-13-8-21(28,9-14(13)6-12)10-31(29)30-2/h3-4,7,11-14,28-29H,5-6,8-10H2,1-2H3,(H,25,27). The number of benzene rings is 1. The van der Waals surface area contributed by atoms with Crippen molar-refractivity contribution < 1.29 is 23.7 Å². The van der Waals surface area contributed by atoms with Crippen molar-refractivity contribution in [2.75, 3.05) is 18.6 Å². The molecule has 2 aliphatic rings. The first-order chi connectivity index (χ1) is 14.7. The first-order valence-electron chi connectivity index (χ1n) is 10.2. The van der Waals surface area contributed by atoms with E-state index in [1.807, 2.05) is 0 Å². The molecule has 1 heterocycles. The molecule has 3 unspecified atom stereocenters. The van der Waals surface area contributed by atoms with E-state index in [2.05, 4.69) is 10.3 Å². The van der Waals surface area contributed by atoms with Gasteiger partial charge in [0.15, 0.2) is 8.38 Å². The van der Waals surface area contributed by atoms with E-state index in [0.717, 1.165) is 18.5 Å². The molecule has 0 aliphatic heterocycles. The molecule has 10 heteroatoms. The Kier molecular flexibility index (Phi) is 6.39. The summed E-state index contributed by atoms with van der Waals surface area (Å²) in [5.74, 6) is -0.0978. The zero-order chi connectivity index (χ0) is 22.3. The number of hydrogen-bond donors (Lipinski definition) is 3. The van der Waals surface area contributed by atoms with Crippen LogP contribution in [0.3, 0.4) is 0 Å². The molecule has 2 aliphatic carbocycles. The van der Waals surface area contributed by atoms with Crippen LogP contribution >= 0.6 is 20.0 Å². The number of anilines is 1. The van der Waals surface area contributed by atoms with Crippen LogP contribution in [0.2, 0.25) is 5.02 Å². The van der Waals surface area contributed by atoms with Crippen LogP contribution in [-0.2, 0) is 11.6 Å². The highest BCUT2D eigenvalue weighted by atomic mass is 35.5. The molecule has 4 rings (SSSR count). The van der Waals surface area contributed by atoms with Gasteiger partial charge in [-0.15, -0.1) is 0 Å². The van der Waals surface area contributed by atoms with E-state index in [-0.39, 0.29) is 23.0 Å². The molecule has 0 bridgehead atoms. The summed E-state index contributed by atoms with van der Waals surface area (Å²) >= 11 is 5.82. The lowest BCUT2D eigenvalue weighted by Gasteiger charge is -2.26. The first-order valence-corrected chi connectivity index (χ1v) is 12.0. The topological polar surface area (TPSA) is 96.6 Å². The Morgan fingerprint density at radius 2 is 2.10 bits per heavy atom. The smallest absolute Gasteiger partial charge is 0.274 e. The Morgan fingerprint density at radius 3 is 2.71 bits per heavy atom. The van der Waals surface area contributed by atoms with Crippen LogP contribution in [0.25, 0.3) is 0 Å². The number of aliphatic hydroxyl groups is 1. The van der Waals surface area contributed by atoms with Crippen LogP contribution in [0.1, 0.15) is 47.8 Å². The van der Waals surface area contributed by atoms with Crippen molar-refractivity contribution in [2.24, 2.45) is 18.9 Å². The van der Waals surface area contributed by atoms with Crippen molar-refractivity contribution in [3.63, 3.8) is 0 Å². The molecule has 0 spiro atoms. The van der Waals surface area contributed by atoms with E-state index in [1.54, 1.807) is 17.9 Å². The number of rotatable bonds is 6. The minimum atomic E-state index is -1.60. The lowest BCUT2D eigenvalue weighted by atomic mass is 9.93. The number of carbonyl (C=O) groups is 1. The number of nitrogens with one attached hydrogen (secondary N) is 1. The molecule has 1 aromatic carbocycles. The highest BCUT2D eigenvalue weighted by molar-refractivity contribution is 7.46. The van der Waals surface area contributed by atoms with Crippen molar-refractivity contribution in [2.45, 2.75) is 37.2 Å². The molecule has 3 N–H and O–H groups in total. The lowest BCUT2D eigenvalue weighted by molar-refractivity contribution is 0.0581. The molecule has 1 amide bonds. The highest BCUT2D eigenvalue weighted by Crippen LogP contribution is 2.56. The number of nitrogens with zero attached hydrogens (tertiary/aromatic N) is 2. The number of aromatic nitrogens is 2. The summed E-state index contributed by atoms with van der Waals surface area (Å²) < 4.78 is 20.1. The predicted octanol–water partition coefficient (Wildman–Crippen LogP) is 4.05. The first kappa shape index (κ1) is 22.6. The third kappa shape index (κ3) is 4.64. The molecule has 1 aromatic heterocycles. The van der Waals surface area contributed by atoms with Crippen LogP contribution < -0.4 is 5.32 Å². The van der Waals surface area contributed by atoms with Crippen molar-refractivity contribution in [1.29, 1.82) is 0 Å². The van der Waals surface area contributed by atoms with Crippen molar-refractivity contribution in [3.05, 3.63) is 46.8 Å². The summed E-state index contributed by atoms with van der Waals surface area (Å²) in [6, 6.07) is 4.05. The summed E-state index contributed by atoms with van der Waals surface area (Å²) in [7, 11) is 1.62. The maximum Gasteiger partial charge on any atom is 0.274 e. The quantitative estimate of drug-likeness (QED) is 0.555. The number of fused-ring (bicyclic) bond motifs is 1. The Bertz CT molecular complexity index is 974. The summed E-state index contributed by atoms with van der Waals surface area (Å²) in [5, 5.41) is 13.6. The van der Waals surface area contributed by atoms with Gasteiger partial charge in [-0.05, 0) is 55.7 Å². The molecule has 2 saturated carbocycles. The minimum Gasteiger partial charge on any atom is -0.389 e. The van der Waals surface area contributed by atoms with E-state index in [0.29, 0.717) is 36.1 Å². The van der Waals surface area contributed by atoms with Crippen LogP contribution in [0.4, 0.5) is 10.1 Å². The van der Waals surface area contributed by atoms with E-state index < -0.39 is 19.8 Å². The summed E-state index contributed by atoms with van der Waals surface area (Å²) in [4.78, 5) is 27.3. The average molecular weight is 470 g/mol. The average Bonchev–Trinajstić information content (AvgIpc) is 3.35. The number of halogens is 2. The number of carbonyl (C=O) groups excluding carboxylic acids is 1. The van der Waals surface area contributed by atoms with Gasteiger partial charge >= 0.3 is 0 Å². The third-order valence-corrected chi connectivity index (χ3v) is 8.08. The molecule has 0 radical (unpaired) electrons. The third-order valence-electron chi connectivity index (χ3n) is 6.51. The number of imidazole rings is 1. The normalized spacial score (nSPS) is 28.5. The van der Waals surface area contributed by atoms with E-state index >= 15 is 0 Å². The lowest BCUT2D eigenvalue weighted by Crippen LogP contribution is -2.30. The summed E-state index contributed by atoms with van der Waals surface area (Å²) in [5.41, 5.74) is 0.741. The van der Waals surface area contributed by atoms with Gasteiger partial charge in [-0.3, -0.25) is 4.79 Å². The molecular weight excluding hydrogens is 444 g/mol. The predicted molar refractivity (Wildman–Crippen MR) is 117 cm³/mol. The molecule has 3 atom stereocenters. The van der Waals surface area contributed by atoms with Crippen LogP contribution in [-0.4, -0.2) is 44.3 Å². The maximum atomic E-state index is 13.4. The second-order valence-corrected chi connectivity index (χ2v) is 10.5. The molecule has 0 saturated heterocycles. The SMILES string of the molecule is COP(O)CC1(O)CC2CC(c3ncn(C)c3C(=O)Nc3ccc(F)c(Cl)c3)CC2C1. The van der Waals surface area contributed by atoms with Gasteiger partial charge in [-0.25, -0.2) is 9.37 Å². The van der Waals surface area contributed by atoms with Gasteiger partial charge in [0.05, 0.1) is 22.6 Å². The summed E-state index contributed by atoms with van der Waals surface area (Å²) in [6.45, 7) is 0. The fourth-order valence-electron chi connectivity index (χ4n) is 5.23. The zero-order valence-corrected chi connectivity index (χ0v) is 19.0.